The van der Waals surface area contributed by atoms with Crippen molar-refractivity contribution >= 4 is 15.9 Å². The van der Waals surface area contributed by atoms with E-state index in [0.717, 1.165) is 6.42 Å². The third-order valence-corrected chi connectivity index (χ3v) is 4.19. The minimum Gasteiger partial charge on any atom is -0.313 e. The van der Waals surface area contributed by atoms with E-state index < -0.39 is 0 Å². The first-order valence-electron chi connectivity index (χ1n) is 6.03. The number of hydrogen-bond acceptors (Lipinski definition) is 2. The summed E-state index contributed by atoms with van der Waals surface area (Å²) in [7, 11) is 2.00. The van der Waals surface area contributed by atoms with E-state index in [1.54, 1.807) is 6.20 Å². The number of hydrogen-bond donors (Lipinski definition) is 1. The van der Waals surface area contributed by atoms with Crippen molar-refractivity contribution < 1.29 is 0 Å². The number of nitrogens with zero attached hydrogens (tertiary/aromatic N) is 1. The summed E-state index contributed by atoms with van der Waals surface area (Å²) in [6.07, 6.45) is 4.67. The Morgan fingerprint density at radius 2 is 2.11 bits per heavy atom. The van der Waals surface area contributed by atoms with Gasteiger partial charge in [-0.2, -0.15) is 0 Å². The van der Waals surface area contributed by atoms with Crippen LogP contribution in [-0.2, 0) is 6.42 Å². The summed E-state index contributed by atoms with van der Waals surface area (Å²) in [5.74, 6) is 0. The summed E-state index contributed by atoms with van der Waals surface area (Å²) in [6.45, 7) is 2.12. The van der Waals surface area contributed by atoms with Gasteiger partial charge in [-0.15, -0.1) is 0 Å². The van der Waals surface area contributed by atoms with Crippen molar-refractivity contribution in [1.29, 1.82) is 0 Å². The zero-order valence-corrected chi connectivity index (χ0v) is 12.2. The number of rotatable bonds is 4. The first-order chi connectivity index (χ1) is 8.72. The van der Waals surface area contributed by atoms with E-state index in [9.17, 15) is 0 Å². The van der Waals surface area contributed by atoms with Gasteiger partial charge in [0.15, 0.2) is 0 Å². The maximum Gasteiger partial charge on any atom is 0.0370 e. The monoisotopic (exact) mass is 304 g/mol. The first-order valence-corrected chi connectivity index (χ1v) is 6.83. The maximum absolute atomic E-state index is 4.17. The van der Waals surface area contributed by atoms with Gasteiger partial charge in [-0.1, -0.05) is 40.2 Å². The molecule has 0 saturated carbocycles. The lowest BCUT2D eigenvalue weighted by molar-refractivity contribution is 0.588. The Labute approximate surface area is 117 Å². The molecule has 1 atom stereocenters. The van der Waals surface area contributed by atoms with Gasteiger partial charge in [0, 0.05) is 22.9 Å². The molecule has 0 spiro atoms. The highest BCUT2D eigenvalue weighted by Gasteiger charge is 2.14. The van der Waals surface area contributed by atoms with E-state index in [4.69, 9.17) is 0 Å². The number of nitrogens with one attached hydrogen (secondary N) is 1. The molecule has 3 heteroatoms. The molecule has 2 nitrogen and oxygen atoms in total. The van der Waals surface area contributed by atoms with E-state index in [0.29, 0.717) is 6.04 Å². The van der Waals surface area contributed by atoms with Gasteiger partial charge >= 0.3 is 0 Å². The summed E-state index contributed by atoms with van der Waals surface area (Å²) < 4.78 is 1.19. The lowest BCUT2D eigenvalue weighted by Gasteiger charge is -2.19. The second-order valence-corrected chi connectivity index (χ2v) is 5.18. The maximum atomic E-state index is 4.17. The molecule has 0 saturated heterocycles. The van der Waals surface area contributed by atoms with Crippen molar-refractivity contribution in [3.8, 4) is 0 Å². The Morgan fingerprint density at radius 1 is 1.28 bits per heavy atom. The predicted molar refractivity (Wildman–Crippen MR) is 78.6 cm³/mol. The minimum atomic E-state index is 0.295. The van der Waals surface area contributed by atoms with Crippen LogP contribution in [0, 0.1) is 6.92 Å². The fraction of sp³-hybridized carbons (Fsp3) is 0.267. The Kier molecular flexibility index (Phi) is 4.50. The minimum absolute atomic E-state index is 0.295. The van der Waals surface area contributed by atoms with Crippen molar-refractivity contribution in [3.63, 3.8) is 0 Å². The number of halogens is 1. The van der Waals surface area contributed by atoms with Crippen LogP contribution in [0.2, 0.25) is 0 Å². The van der Waals surface area contributed by atoms with Crippen molar-refractivity contribution in [3.05, 3.63) is 63.9 Å². The number of pyridine rings is 1. The average Bonchev–Trinajstić information content (AvgIpc) is 2.41. The number of aromatic nitrogens is 1. The highest BCUT2D eigenvalue weighted by molar-refractivity contribution is 9.10. The molecule has 1 unspecified atom stereocenters. The highest BCUT2D eigenvalue weighted by atomic mass is 79.9. The molecule has 1 aromatic carbocycles. The van der Waals surface area contributed by atoms with Gasteiger partial charge in [-0.3, -0.25) is 4.98 Å². The molecule has 1 N–H and O–H groups in total. The Morgan fingerprint density at radius 3 is 2.78 bits per heavy atom. The fourth-order valence-electron chi connectivity index (χ4n) is 2.06. The lowest BCUT2D eigenvalue weighted by atomic mass is 9.98. The molecule has 2 rings (SSSR count). The second-order valence-electron chi connectivity index (χ2n) is 4.38. The molecule has 1 heterocycles. The first kappa shape index (κ1) is 13.2. The smallest absolute Gasteiger partial charge is 0.0370 e. The second kappa shape index (κ2) is 6.12. The van der Waals surface area contributed by atoms with Gasteiger partial charge in [0.25, 0.3) is 0 Å². The van der Waals surface area contributed by atoms with Crippen LogP contribution >= 0.6 is 15.9 Å². The van der Waals surface area contributed by atoms with Gasteiger partial charge in [-0.25, -0.2) is 0 Å². The summed E-state index contributed by atoms with van der Waals surface area (Å²) >= 11 is 3.68. The van der Waals surface area contributed by atoms with Crippen molar-refractivity contribution in [2.45, 2.75) is 19.4 Å². The Bertz CT molecular complexity index is 511. The van der Waals surface area contributed by atoms with Crippen LogP contribution in [0.15, 0.2) is 47.2 Å². The van der Waals surface area contributed by atoms with Crippen LogP contribution < -0.4 is 5.32 Å². The van der Waals surface area contributed by atoms with Crippen LogP contribution in [0.3, 0.4) is 0 Å². The third-order valence-electron chi connectivity index (χ3n) is 3.11. The summed E-state index contributed by atoms with van der Waals surface area (Å²) in [5.41, 5.74) is 3.80. The summed E-state index contributed by atoms with van der Waals surface area (Å²) in [5, 5.41) is 3.38. The number of likely N-dealkylation sites (N-methyl/N-ethyl adjacent to an activating group) is 1. The van der Waals surface area contributed by atoms with Gasteiger partial charge in [0.05, 0.1) is 0 Å². The standard InChI is InChI=1S/C15H17BrN2/c1-11-5-3-7-13(15(11)16)14(17-2)9-12-6-4-8-18-10-12/h3-8,10,14,17H,9H2,1-2H3. The molecule has 2 aromatic rings. The molecule has 0 fully saturated rings. The molecule has 0 aliphatic heterocycles. The van der Waals surface area contributed by atoms with Crippen LogP contribution in [0.4, 0.5) is 0 Å². The molecule has 0 amide bonds. The molecule has 0 radical (unpaired) electrons. The van der Waals surface area contributed by atoms with E-state index in [-0.39, 0.29) is 0 Å². The topological polar surface area (TPSA) is 24.9 Å². The SMILES string of the molecule is CNC(Cc1cccnc1)c1cccc(C)c1Br. The molecule has 0 aliphatic carbocycles. The average molecular weight is 305 g/mol. The molecule has 18 heavy (non-hydrogen) atoms. The van der Waals surface area contributed by atoms with Crippen LogP contribution in [0.1, 0.15) is 22.7 Å². The molecule has 94 valence electrons. The highest BCUT2D eigenvalue weighted by Crippen LogP contribution is 2.28. The van der Waals surface area contributed by atoms with E-state index in [1.165, 1.54) is 21.2 Å². The largest absolute Gasteiger partial charge is 0.313 e. The van der Waals surface area contributed by atoms with Crippen LogP contribution in [0.5, 0.6) is 0 Å². The number of benzene rings is 1. The Balaban J connectivity index is 2.26. The lowest BCUT2D eigenvalue weighted by Crippen LogP contribution is -2.19. The summed E-state index contributed by atoms with van der Waals surface area (Å²) in [4.78, 5) is 4.17. The predicted octanol–water partition coefficient (Wildman–Crippen LogP) is 3.66. The third kappa shape index (κ3) is 2.98. The van der Waals surface area contributed by atoms with Crippen molar-refractivity contribution in [1.82, 2.24) is 10.3 Å². The zero-order chi connectivity index (χ0) is 13.0. The zero-order valence-electron chi connectivity index (χ0n) is 10.7. The molecule has 0 aliphatic rings. The van der Waals surface area contributed by atoms with Crippen molar-refractivity contribution in [2.75, 3.05) is 7.05 Å². The molecule has 1 aromatic heterocycles. The molecular weight excluding hydrogens is 288 g/mol. The Hall–Kier alpha value is -1.19. The van der Waals surface area contributed by atoms with E-state index >= 15 is 0 Å². The van der Waals surface area contributed by atoms with Gasteiger partial charge in [0.1, 0.15) is 0 Å². The quantitative estimate of drug-likeness (QED) is 0.932. The van der Waals surface area contributed by atoms with E-state index in [2.05, 4.69) is 57.4 Å². The van der Waals surface area contributed by atoms with Crippen LogP contribution in [-0.4, -0.2) is 12.0 Å². The fourth-order valence-corrected chi connectivity index (χ4v) is 2.60. The van der Waals surface area contributed by atoms with Crippen molar-refractivity contribution in [2.24, 2.45) is 0 Å². The summed E-state index contributed by atoms with van der Waals surface area (Å²) in [6, 6.07) is 10.8. The van der Waals surface area contributed by atoms with Gasteiger partial charge in [0.2, 0.25) is 0 Å². The van der Waals surface area contributed by atoms with Crippen LogP contribution in [0.25, 0.3) is 0 Å². The number of aryl methyl sites for hydroxylation is 1. The molecular formula is C15H17BrN2. The van der Waals surface area contributed by atoms with Gasteiger partial charge < -0.3 is 5.32 Å². The van der Waals surface area contributed by atoms with Gasteiger partial charge in [-0.05, 0) is 43.1 Å². The normalized spacial score (nSPS) is 12.4. The van der Waals surface area contributed by atoms with E-state index in [1.807, 2.05) is 19.3 Å². The molecule has 0 bridgehead atoms.